The number of hydrogen-bond acceptors (Lipinski definition) is 0. The lowest BCUT2D eigenvalue weighted by Gasteiger charge is -2.49. The maximum absolute atomic E-state index is 13.7. The predicted octanol–water partition coefficient (Wildman–Crippen LogP) is 3.55. The summed E-state index contributed by atoms with van der Waals surface area (Å²) in [6.07, 6.45) is 3.54. The second-order valence-corrected chi connectivity index (χ2v) is 4.85. The molecule has 1 aliphatic carbocycles. The molecule has 0 amide bonds. The van der Waals surface area contributed by atoms with Crippen LogP contribution in [0.25, 0.3) is 0 Å². The van der Waals surface area contributed by atoms with Crippen LogP contribution < -0.4 is 0 Å². The first kappa shape index (κ1) is 10.0. The second-order valence-electron chi connectivity index (χ2n) is 4.16. The lowest BCUT2D eigenvalue weighted by molar-refractivity contribution is 0.0296. The molecule has 0 aromatic heterocycles. The van der Waals surface area contributed by atoms with Gasteiger partial charge < -0.3 is 0 Å². The molecule has 0 bridgehead atoms. The quantitative estimate of drug-likeness (QED) is 0.462. The van der Waals surface area contributed by atoms with Crippen LogP contribution in [0.3, 0.4) is 0 Å². The lowest BCUT2D eigenvalue weighted by Crippen LogP contribution is -2.50. The summed E-state index contributed by atoms with van der Waals surface area (Å²) in [6.45, 7) is 7.46. The number of rotatable bonds is 2. The minimum absolute atomic E-state index is 0.00928. The van der Waals surface area contributed by atoms with Crippen molar-refractivity contribution in [3.05, 3.63) is 12.2 Å². The van der Waals surface area contributed by atoms with Gasteiger partial charge in [-0.05, 0) is 19.8 Å². The number of alkyl halides is 2. The van der Waals surface area contributed by atoms with E-state index in [-0.39, 0.29) is 16.7 Å². The van der Waals surface area contributed by atoms with E-state index >= 15 is 0 Å². The molecule has 4 atom stereocenters. The highest BCUT2D eigenvalue weighted by molar-refractivity contribution is 6.20. The Morgan fingerprint density at radius 1 is 1.25 bits per heavy atom. The van der Waals surface area contributed by atoms with Crippen molar-refractivity contribution in [2.45, 2.75) is 38.7 Å². The van der Waals surface area contributed by atoms with E-state index in [0.29, 0.717) is 0 Å². The topological polar surface area (TPSA) is 0 Å². The van der Waals surface area contributed by atoms with E-state index in [1.165, 1.54) is 0 Å². The van der Waals surface area contributed by atoms with Gasteiger partial charge in [0, 0.05) is 10.8 Å². The first-order chi connectivity index (χ1) is 5.31. The molecule has 0 fully saturated rings. The van der Waals surface area contributed by atoms with Crippen LogP contribution in [0.15, 0.2) is 12.2 Å². The fraction of sp³-hybridized carbons (Fsp3) is 0.800. The van der Waals surface area contributed by atoms with Gasteiger partial charge in [-0.3, -0.25) is 0 Å². The molecular formula is C10H16ClF. The van der Waals surface area contributed by atoms with Crippen molar-refractivity contribution >= 4 is 11.6 Å². The average molecular weight is 191 g/mol. The van der Waals surface area contributed by atoms with Crippen LogP contribution in [0.5, 0.6) is 0 Å². The Balaban J connectivity index is 2.82. The third-order valence-electron chi connectivity index (χ3n) is 3.43. The van der Waals surface area contributed by atoms with Crippen molar-refractivity contribution in [2.24, 2.45) is 11.3 Å². The summed E-state index contributed by atoms with van der Waals surface area (Å²) in [4.78, 5) is 0. The van der Waals surface area contributed by atoms with Crippen LogP contribution in [-0.2, 0) is 0 Å². The van der Waals surface area contributed by atoms with Crippen molar-refractivity contribution < 1.29 is 4.39 Å². The van der Waals surface area contributed by atoms with Gasteiger partial charge in [0.05, 0.1) is 0 Å². The highest BCUT2D eigenvalue weighted by Gasteiger charge is 2.52. The summed E-state index contributed by atoms with van der Waals surface area (Å²) in [7, 11) is 0. The predicted molar refractivity (Wildman–Crippen MR) is 51.2 cm³/mol. The Morgan fingerprint density at radius 2 is 1.75 bits per heavy atom. The van der Waals surface area contributed by atoms with Crippen molar-refractivity contribution in [1.82, 2.24) is 0 Å². The van der Waals surface area contributed by atoms with Gasteiger partial charge in [0.1, 0.15) is 5.67 Å². The van der Waals surface area contributed by atoms with Crippen LogP contribution in [0.4, 0.5) is 4.39 Å². The summed E-state index contributed by atoms with van der Waals surface area (Å²) in [5.41, 5.74) is -1.57. The van der Waals surface area contributed by atoms with Crippen molar-refractivity contribution in [1.29, 1.82) is 0 Å². The normalized spacial score (nSPS) is 45.2. The standard InChI is InChI=1S/C10H16ClF/c1-7(8(2)11)9(3)5-6-10(9,4)12/h5-8H,1-4H3/t7-,8?,9+,10+/m1/s1. The first-order valence-electron chi connectivity index (χ1n) is 4.34. The van der Waals surface area contributed by atoms with Crippen LogP contribution >= 0.6 is 11.6 Å². The van der Waals surface area contributed by atoms with Gasteiger partial charge in [0.15, 0.2) is 0 Å². The molecule has 0 heterocycles. The Morgan fingerprint density at radius 3 is 1.83 bits per heavy atom. The summed E-state index contributed by atoms with van der Waals surface area (Å²) < 4.78 is 13.7. The van der Waals surface area contributed by atoms with E-state index in [2.05, 4.69) is 0 Å². The molecule has 0 aromatic carbocycles. The lowest BCUT2D eigenvalue weighted by atomic mass is 9.59. The highest BCUT2D eigenvalue weighted by Crippen LogP contribution is 2.52. The Labute approximate surface area is 78.8 Å². The molecule has 0 aromatic rings. The van der Waals surface area contributed by atoms with Crippen LogP contribution in [0, 0.1) is 11.3 Å². The highest BCUT2D eigenvalue weighted by atomic mass is 35.5. The Hall–Kier alpha value is -0.0400. The van der Waals surface area contributed by atoms with E-state index in [1.807, 2.05) is 26.8 Å². The molecule has 1 rings (SSSR count). The van der Waals surface area contributed by atoms with Crippen LogP contribution in [0.2, 0.25) is 0 Å². The molecule has 0 aliphatic heterocycles. The number of allylic oxidation sites excluding steroid dienone is 2. The molecule has 2 heteroatoms. The zero-order valence-corrected chi connectivity index (χ0v) is 8.82. The molecular weight excluding hydrogens is 175 g/mol. The Bertz CT molecular complexity index is 208. The summed E-state index contributed by atoms with van der Waals surface area (Å²) in [6, 6.07) is 0. The van der Waals surface area contributed by atoms with E-state index in [0.717, 1.165) is 0 Å². The molecule has 0 saturated heterocycles. The molecule has 0 saturated carbocycles. The second kappa shape index (κ2) is 2.73. The van der Waals surface area contributed by atoms with Gasteiger partial charge in [-0.25, -0.2) is 4.39 Å². The van der Waals surface area contributed by atoms with E-state index in [1.54, 1.807) is 13.0 Å². The maximum atomic E-state index is 13.7. The average Bonchev–Trinajstić information content (AvgIpc) is 1.99. The largest absolute Gasteiger partial charge is 0.239 e. The van der Waals surface area contributed by atoms with Crippen molar-refractivity contribution in [3.8, 4) is 0 Å². The summed E-state index contributed by atoms with van der Waals surface area (Å²) in [5, 5.41) is 0.00928. The molecule has 0 N–H and O–H groups in total. The molecule has 0 radical (unpaired) electrons. The Kier molecular flexibility index (Phi) is 2.28. The molecule has 70 valence electrons. The van der Waals surface area contributed by atoms with Gasteiger partial charge in [0.25, 0.3) is 0 Å². The molecule has 1 aliphatic rings. The fourth-order valence-electron chi connectivity index (χ4n) is 1.65. The van der Waals surface area contributed by atoms with E-state index in [9.17, 15) is 4.39 Å². The minimum Gasteiger partial charge on any atom is -0.239 e. The maximum Gasteiger partial charge on any atom is 0.135 e. The molecule has 0 nitrogen and oxygen atoms in total. The summed E-state index contributed by atoms with van der Waals surface area (Å²) >= 11 is 5.95. The minimum atomic E-state index is -1.18. The van der Waals surface area contributed by atoms with Gasteiger partial charge in [-0.1, -0.05) is 26.0 Å². The smallest absolute Gasteiger partial charge is 0.135 e. The van der Waals surface area contributed by atoms with Crippen LogP contribution in [-0.4, -0.2) is 11.0 Å². The third kappa shape index (κ3) is 1.19. The fourth-order valence-corrected chi connectivity index (χ4v) is 1.91. The van der Waals surface area contributed by atoms with Crippen molar-refractivity contribution in [2.75, 3.05) is 0 Å². The van der Waals surface area contributed by atoms with Gasteiger partial charge in [-0.2, -0.15) is 0 Å². The van der Waals surface area contributed by atoms with Crippen LogP contribution in [0.1, 0.15) is 27.7 Å². The van der Waals surface area contributed by atoms with Gasteiger partial charge in [-0.15, -0.1) is 11.6 Å². The zero-order chi connectivity index (χ0) is 9.57. The zero-order valence-electron chi connectivity index (χ0n) is 8.07. The first-order valence-corrected chi connectivity index (χ1v) is 4.78. The monoisotopic (exact) mass is 190 g/mol. The molecule has 12 heavy (non-hydrogen) atoms. The van der Waals surface area contributed by atoms with E-state index in [4.69, 9.17) is 11.6 Å². The molecule has 0 spiro atoms. The van der Waals surface area contributed by atoms with Crippen molar-refractivity contribution in [3.63, 3.8) is 0 Å². The number of halogens is 2. The van der Waals surface area contributed by atoms with Gasteiger partial charge in [0.2, 0.25) is 0 Å². The SMILES string of the molecule is CC(Cl)[C@@H](C)[C@]1(C)C=C[C@]1(C)F. The van der Waals surface area contributed by atoms with Gasteiger partial charge >= 0.3 is 0 Å². The summed E-state index contributed by atoms with van der Waals surface area (Å²) in [5.74, 6) is 0.166. The third-order valence-corrected chi connectivity index (χ3v) is 3.81. The number of hydrogen-bond donors (Lipinski definition) is 0. The molecule has 1 unspecified atom stereocenters. The van der Waals surface area contributed by atoms with E-state index < -0.39 is 5.67 Å².